The summed E-state index contributed by atoms with van der Waals surface area (Å²) in [6.45, 7) is -0.373. The third-order valence-electron chi connectivity index (χ3n) is 4.45. The Bertz CT molecular complexity index is 1030. The lowest BCUT2D eigenvalue weighted by atomic mass is 10.0. The maximum Gasteiger partial charge on any atom is 0.339 e. The van der Waals surface area contributed by atoms with Crippen LogP contribution in [0.3, 0.4) is 0 Å². The van der Waals surface area contributed by atoms with Crippen LogP contribution in [0.5, 0.6) is 0 Å². The van der Waals surface area contributed by atoms with Gasteiger partial charge >= 0.3 is 5.97 Å². The smallest absolute Gasteiger partial charge is 0.339 e. The number of carbonyl (C=O) groups excluding carboxylic acids is 2. The molecule has 27 heavy (non-hydrogen) atoms. The average molecular weight is 426 g/mol. The molecule has 0 bridgehead atoms. The number of aryl methyl sites for hydroxylation is 1. The van der Waals surface area contributed by atoms with E-state index >= 15 is 0 Å². The van der Waals surface area contributed by atoms with Crippen LogP contribution in [0, 0.1) is 0 Å². The molecule has 1 aliphatic carbocycles. The average Bonchev–Trinajstić information content (AvgIpc) is 3.14. The van der Waals surface area contributed by atoms with E-state index in [1.54, 1.807) is 18.3 Å². The second kappa shape index (κ2) is 7.44. The van der Waals surface area contributed by atoms with E-state index in [9.17, 15) is 9.59 Å². The number of aromatic nitrogens is 2. The van der Waals surface area contributed by atoms with Crippen molar-refractivity contribution in [1.82, 2.24) is 9.97 Å². The number of hydrogen-bond acceptors (Lipinski definition) is 5. The van der Waals surface area contributed by atoms with Crippen LogP contribution >= 0.6 is 15.9 Å². The highest BCUT2D eigenvalue weighted by molar-refractivity contribution is 9.10. The van der Waals surface area contributed by atoms with Crippen LogP contribution in [0.15, 0.2) is 47.1 Å². The summed E-state index contributed by atoms with van der Waals surface area (Å²) in [6.07, 6.45) is 4.20. The predicted molar refractivity (Wildman–Crippen MR) is 105 cm³/mol. The van der Waals surface area contributed by atoms with E-state index in [-0.39, 0.29) is 6.61 Å². The fourth-order valence-corrected chi connectivity index (χ4v) is 3.51. The van der Waals surface area contributed by atoms with E-state index in [0.717, 1.165) is 45.9 Å². The highest BCUT2D eigenvalue weighted by Gasteiger charge is 2.25. The van der Waals surface area contributed by atoms with Crippen LogP contribution in [0.25, 0.3) is 10.9 Å². The molecular formula is C20H16BrN3O3. The molecule has 0 radical (unpaired) electrons. The van der Waals surface area contributed by atoms with Gasteiger partial charge in [-0.3, -0.25) is 9.78 Å². The second-order valence-electron chi connectivity index (χ2n) is 6.27. The molecule has 7 heteroatoms. The lowest BCUT2D eigenvalue weighted by Gasteiger charge is -2.12. The summed E-state index contributed by atoms with van der Waals surface area (Å²) in [7, 11) is 0. The Morgan fingerprint density at radius 3 is 2.81 bits per heavy atom. The minimum absolute atomic E-state index is 0.373. The molecule has 2 aromatic heterocycles. The zero-order valence-electron chi connectivity index (χ0n) is 14.4. The van der Waals surface area contributed by atoms with Crippen LogP contribution in [0.1, 0.15) is 28.0 Å². The largest absolute Gasteiger partial charge is 0.452 e. The highest BCUT2D eigenvalue weighted by Crippen LogP contribution is 2.30. The van der Waals surface area contributed by atoms with Crippen molar-refractivity contribution in [2.45, 2.75) is 19.3 Å². The summed E-state index contributed by atoms with van der Waals surface area (Å²) in [6, 6.07) is 10.9. The molecule has 2 heterocycles. The number of rotatable bonds is 4. The number of para-hydroxylation sites is 1. The molecule has 0 fully saturated rings. The Morgan fingerprint density at radius 2 is 2.00 bits per heavy atom. The lowest BCUT2D eigenvalue weighted by Crippen LogP contribution is -2.22. The van der Waals surface area contributed by atoms with Crippen molar-refractivity contribution >= 4 is 44.5 Å². The SMILES string of the molecule is O=C(COC(=O)c1c2c(nc3ccccc13)CCC2)Nc1ccc(Br)cn1. The standard InChI is InChI=1S/C20H16BrN3O3/c21-12-8-9-17(22-10-12)24-18(25)11-27-20(26)19-13-4-1-2-6-15(13)23-16-7-3-5-14(16)19/h1-2,4,6,8-10H,3,5,7,11H2,(H,22,24,25). The fourth-order valence-electron chi connectivity index (χ4n) is 3.28. The minimum Gasteiger partial charge on any atom is -0.452 e. The second-order valence-corrected chi connectivity index (χ2v) is 7.18. The Hall–Kier alpha value is -2.80. The molecule has 1 amide bonds. The molecule has 136 valence electrons. The first-order valence-electron chi connectivity index (χ1n) is 8.61. The summed E-state index contributed by atoms with van der Waals surface area (Å²) in [4.78, 5) is 33.6. The fraction of sp³-hybridized carbons (Fsp3) is 0.200. The molecular weight excluding hydrogens is 410 g/mol. The van der Waals surface area contributed by atoms with E-state index in [1.165, 1.54) is 0 Å². The topological polar surface area (TPSA) is 81.2 Å². The molecule has 1 aliphatic rings. The summed E-state index contributed by atoms with van der Waals surface area (Å²) < 4.78 is 6.11. The Morgan fingerprint density at radius 1 is 1.15 bits per heavy atom. The van der Waals surface area contributed by atoms with Gasteiger partial charge in [-0.1, -0.05) is 18.2 Å². The quantitative estimate of drug-likeness (QED) is 0.644. The van der Waals surface area contributed by atoms with Crippen LogP contribution in [0.4, 0.5) is 5.82 Å². The van der Waals surface area contributed by atoms with Crippen molar-refractivity contribution in [3.05, 3.63) is 63.9 Å². The predicted octanol–water partition coefficient (Wildman–Crippen LogP) is 3.68. The van der Waals surface area contributed by atoms with E-state index in [1.807, 2.05) is 24.3 Å². The summed E-state index contributed by atoms with van der Waals surface area (Å²) in [5.74, 6) is -0.534. The number of fused-ring (bicyclic) bond motifs is 2. The van der Waals surface area contributed by atoms with Gasteiger partial charge < -0.3 is 10.1 Å². The summed E-state index contributed by atoms with van der Waals surface area (Å²) >= 11 is 3.28. The molecule has 0 saturated heterocycles. The van der Waals surface area contributed by atoms with Gasteiger partial charge in [0, 0.05) is 21.7 Å². The van der Waals surface area contributed by atoms with Crippen LogP contribution in [-0.4, -0.2) is 28.5 Å². The van der Waals surface area contributed by atoms with E-state index in [0.29, 0.717) is 11.4 Å². The molecule has 0 spiro atoms. The first-order chi connectivity index (χ1) is 13.1. The molecule has 4 rings (SSSR count). The Balaban J connectivity index is 1.52. The van der Waals surface area contributed by atoms with Gasteiger partial charge in [-0.25, -0.2) is 9.78 Å². The first kappa shape index (κ1) is 17.6. The number of pyridine rings is 2. The zero-order valence-corrected chi connectivity index (χ0v) is 16.0. The number of esters is 1. The molecule has 1 aromatic carbocycles. The van der Waals surface area contributed by atoms with Crippen molar-refractivity contribution in [2.75, 3.05) is 11.9 Å². The van der Waals surface area contributed by atoms with E-state index < -0.39 is 11.9 Å². The van der Waals surface area contributed by atoms with Gasteiger partial charge in [0.15, 0.2) is 6.61 Å². The van der Waals surface area contributed by atoms with Crippen LogP contribution in [-0.2, 0) is 22.4 Å². The number of anilines is 1. The van der Waals surface area contributed by atoms with Crippen molar-refractivity contribution < 1.29 is 14.3 Å². The number of amides is 1. The Kier molecular flexibility index (Phi) is 4.85. The maximum atomic E-state index is 12.8. The summed E-state index contributed by atoms with van der Waals surface area (Å²) in [5.41, 5.74) is 3.19. The summed E-state index contributed by atoms with van der Waals surface area (Å²) in [5, 5.41) is 3.37. The normalized spacial score (nSPS) is 12.6. The maximum absolute atomic E-state index is 12.8. The van der Waals surface area contributed by atoms with Crippen molar-refractivity contribution in [1.29, 1.82) is 0 Å². The van der Waals surface area contributed by atoms with Crippen molar-refractivity contribution in [2.24, 2.45) is 0 Å². The number of carbonyl (C=O) groups is 2. The van der Waals surface area contributed by atoms with Gasteiger partial charge in [-0.05, 0) is 59.0 Å². The number of ether oxygens (including phenoxy) is 1. The third-order valence-corrected chi connectivity index (χ3v) is 4.92. The van der Waals surface area contributed by atoms with Crippen LogP contribution in [0.2, 0.25) is 0 Å². The van der Waals surface area contributed by atoms with Crippen LogP contribution < -0.4 is 5.32 Å². The number of nitrogens with zero attached hydrogens (tertiary/aromatic N) is 2. The van der Waals surface area contributed by atoms with Gasteiger partial charge in [0.25, 0.3) is 5.91 Å². The molecule has 6 nitrogen and oxygen atoms in total. The third kappa shape index (κ3) is 3.68. The molecule has 0 atom stereocenters. The molecule has 1 N–H and O–H groups in total. The monoisotopic (exact) mass is 425 g/mol. The number of halogens is 1. The van der Waals surface area contributed by atoms with Crippen molar-refractivity contribution in [3.63, 3.8) is 0 Å². The first-order valence-corrected chi connectivity index (χ1v) is 9.40. The minimum atomic E-state index is -0.495. The van der Waals surface area contributed by atoms with Gasteiger partial charge in [-0.2, -0.15) is 0 Å². The molecule has 3 aromatic rings. The number of nitrogens with one attached hydrogen (secondary N) is 1. The lowest BCUT2D eigenvalue weighted by molar-refractivity contribution is -0.119. The van der Waals surface area contributed by atoms with Gasteiger partial charge in [0.05, 0.1) is 11.1 Å². The molecule has 0 saturated carbocycles. The number of benzene rings is 1. The van der Waals surface area contributed by atoms with Crippen molar-refractivity contribution in [3.8, 4) is 0 Å². The van der Waals surface area contributed by atoms with Gasteiger partial charge in [-0.15, -0.1) is 0 Å². The van der Waals surface area contributed by atoms with Gasteiger partial charge in [0.1, 0.15) is 5.82 Å². The van der Waals surface area contributed by atoms with E-state index in [2.05, 4.69) is 31.2 Å². The zero-order chi connectivity index (χ0) is 18.8. The molecule has 0 aliphatic heterocycles. The number of hydrogen-bond donors (Lipinski definition) is 1. The highest BCUT2D eigenvalue weighted by atomic mass is 79.9. The van der Waals surface area contributed by atoms with E-state index in [4.69, 9.17) is 4.74 Å². The molecule has 0 unspecified atom stereocenters. The Labute approximate surface area is 164 Å². The van der Waals surface area contributed by atoms with Gasteiger partial charge in [0.2, 0.25) is 0 Å².